The van der Waals surface area contributed by atoms with Gasteiger partial charge in [0.1, 0.15) is 11.9 Å². The van der Waals surface area contributed by atoms with Crippen molar-refractivity contribution in [3.05, 3.63) is 53.2 Å². The molecule has 0 radical (unpaired) electrons. The number of amides is 3. The molecule has 0 saturated carbocycles. The van der Waals surface area contributed by atoms with Crippen LogP contribution in [0.3, 0.4) is 0 Å². The third kappa shape index (κ3) is 3.00. The summed E-state index contributed by atoms with van der Waals surface area (Å²) >= 11 is 0. The van der Waals surface area contributed by atoms with Gasteiger partial charge >= 0.3 is 0 Å². The molecule has 5 rings (SSSR count). The van der Waals surface area contributed by atoms with Crippen LogP contribution in [0, 0.1) is 0 Å². The number of hydrogen-bond donors (Lipinski definition) is 2. The first-order valence-electron chi connectivity index (χ1n) is 9.81. The normalized spacial score (nSPS) is 20.8. The van der Waals surface area contributed by atoms with Gasteiger partial charge in [-0.1, -0.05) is 18.2 Å². The minimum absolute atomic E-state index is 0.133. The molecule has 1 aromatic heterocycles. The number of piperidine rings is 1. The van der Waals surface area contributed by atoms with Crippen molar-refractivity contribution in [2.45, 2.75) is 32.0 Å². The maximum atomic E-state index is 13.2. The van der Waals surface area contributed by atoms with E-state index in [4.69, 9.17) is 0 Å². The predicted molar refractivity (Wildman–Crippen MR) is 106 cm³/mol. The molecule has 2 N–H and O–H groups in total. The lowest BCUT2D eigenvalue weighted by Gasteiger charge is -2.32. The molecule has 0 spiro atoms. The van der Waals surface area contributed by atoms with E-state index < -0.39 is 6.04 Å². The minimum atomic E-state index is -0.593. The highest BCUT2D eigenvalue weighted by atomic mass is 16.2. The number of aromatic nitrogens is 1. The van der Waals surface area contributed by atoms with Gasteiger partial charge in [0.05, 0.1) is 5.69 Å². The van der Waals surface area contributed by atoms with Crippen LogP contribution in [0.4, 0.5) is 11.5 Å². The zero-order valence-electron chi connectivity index (χ0n) is 15.9. The number of hydrogen-bond acceptors (Lipinski definition) is 6. The summed E-state index contributed by atoms with van der Waals surface area (Å²) in [5, 5.41) is 5.65. The third-order valence-corrected chi connectivity index (χ3v) is 5.80. The van der Waals surface area contributed by atoms with E-state index in [-0.39, 0.29) is 24.1 Å². The lowest BCUT2D eigenvalue weighted by Crippen LogP contribution is -2.52. The molecule has 3 aliphatic rings. The topological polar surface area (TPSA) is 94.6 Å². The molecule has 29 heavy (non-hydrogen) atoms. The first-order valence-corrected chi connectivity index (χ1v) is 9.81. The Morgan fingerprint density at radius 3 is 2.90 bits per heavy atom. The van der Waals surface area contributed by atoms with Crippen LogP contribution in [0.15, 0.2) is 36.5 Å². The molecule has 1 fully saturated rings. The Bertz CT molecular complexity index is 1020. The Balaban J connectivity index is 1.43. The second-order valence-electron chi connectivity index (χ2n) is 7.57. The fourth-order valence-electron chi connectivity index (χ4n) is 4.41. The molecule has 1 aromatic carbocycles. The molecule has 3 amide bonds. The zero-order valence-corrected chi connectivity index (χ0v) is 15.9. The lowest BCUT2D eigenvalue weighted by molar-refractivity contribution is -0.136. The van der Waals surface area contributed by atoms with E-state index in [2.05, 4.69) is 20.5 Å². The van der Waals surface area contributed by atoms with E-state index in [9.17, 15) is 14.4 Å². The number of carbonyl (C=O) groups is 3. The second-order valence-corrected chi connectivity index (χ2v) is 7.57. The molecule has 1 unspecified atom stereocenters. The number of imide groups is 1. The molecule has 4 heterocycles. The summed E-state index contributed by atoms with van der Waals surface area (Å²) in [6.45, 7) is 2.59. The van der Waals surface area contributed by atoms with Gasteiger partial charge in [0.15, 0.2) is 0 Å². The molecule has 2 aromatic rings. The average Bonchev–Trinajstić information content (AvgIpc) is 3.06. The van der Waals surface area contributed by atoms with Gasteiger partial charge in [-0.3, -0.25) is 19.7 Å². The number of pyridine rings is 1. The highest BCUT2D eigenvalue weighted by Gasteiger charge is 2.40. The van der Waals surface area contributed by atoms with Gasteiger partial charge in [-0.2, -0.15) is 0 Å². The molecule has 0 aliphatic carbocycles. The number of nitrogens with one attached hydrogen (secondary N) is 2. The van der Waals surface area contributed by atoms with Crippen molar-refractivity contribution in [2.75, 3.05) is 23.3 Å². The van der Waals surface area contributed by atoms with Gasteiger partial charge in [-0.05, 0) is 29.7 Å². The van der Waals surface area contributed by atoms with Crippen molar-refractivity contribution in [1.29, 1.82) is 0 Å². The van der Waals surface area contributed by atoms with Gasteiger partial charge in [0.2, 0.25) is 11.8 Å². The van der Waals surface area contributed by atoms with Crippen LogP contribution in [0.5, 0.6) is 0 Å². The molecule has 1 saturated heterocycles. The van der Waals surface area contributed by atoms with Crippen molar-refractivity contribution in [3.63, 3.8) is 0 Å². The Morgan fingerprint density at radius 1 is 1.14 bits per heavy atom. The highest BCUT2D eigenvalue weighted by molar-refractivity contribution is 6.06. The molecule has 8 heteroatoms. The predicted octanol–water partition coefficient (Wildman–Crippen LogP) is 1.27. The summed E-state index contributed by atoms with van der Waals surface area (Å²) in [5.41, 5.74) is 3.57. The molecular weight excluding hydrogens is 370 g/mol. The first-order chi connectivity index (χ1) is 14.1. The van der Waals surface area contributed by atoms with E-state index in [1.807, 2.05) is 30.3 Å². The van der Waals surface area contributed by atoms with E-state index in [1.165, 1.54) is 0 Å². The standard InChI is InChI=1S/C21H21N5O3/c27-17-7-6-16(20(28)24-17)26-12-14-4-1-3-13(18(14)21(26)29)11-25-10-9-23-19-15(25)5-2-8-22-19/h1-5,8,16H,6-7,9-12H2,(H,22,23)(H,24,27,28). The minimum Gasteiger partial charge on any atom is -0.367 e. The fraction of sp³-hybridized carbons (Fsp3) is 0.333. The van der Waals surface area contributed by atoms with Crippen LogP contribution in [0.1, 0.15) is 34.3 Å². The summed E-state index contributed by atoms with van der Waals surface area (Å²) in [5.74, 6) is 0.0580. The number of fused-ring (bicyclic) bond motifs is 2. The van der Waals surface area contributed by atoms with Gasteiger partial charge in [-0.15, -0.1) is 0 Å². The Kier molecular flexibility index (Phi) is 4.19. The van der Waals surface area contributed by atoms with Gasteiger partial charge in [0, 0.05) is 44.4 Å². The van der Waals surface area contributed by atoms with Crippen LogP contribution in [0.25, 0.3) is 0 Å². The Morgan fingerprint density at radius 2 is 2.03 bits per heavy atom. The van der Waals surface area contributed by atoms with Crippen LogP contribution >= 0.6 is 0 Å². The maximum Gasteiger partial charge on any atom is 0.255 e. The molecular formula is C21H21N5O3. The monoisotopic (exact) mass is 391 g/mol. The van der Waals surface area contributed by atoms with E-state index in [0.29, 0.717) is 25.1 Å². The van der Waals surface area contributed by atoms with Crippen LogP contribution in [-0.4, -0.2) is 46.7 Å². The summed E-state index contributed by atoms with van der Waals surface area (Å²) in [4.78, 5) is 45.2. The van der Waals surface area contributed by atoms with Crippen molar-refractivity contribution in [1.82, 2.24) is 15.2 Å². The number of benzene rings is 1. The maximum absolute atomic E-state index is 13.2. The fourth-order valence-corrected chi connectivity index (χ4v) is 4.41. The third-order valence-electron chi connectivity index (χ3n) is 5.80. The molecule has 3 aliphatic heterocycles. The van der Waals surface area contributed by atoms with Gasteiger partial charge < -0.3 is 15.1 Å². The van der Waals surface area contributed by atoms with Crippen molar-refractivity contribution >= 4 is 29.2 Å². The summed E-state index contributed by atoms with van der Waals surface area (Å²) in [6.07, 6.45) is 2.39. The van der Waals surface area contributed by atoms with Crippen LogP contribution in [0.2, 0.25) is 0 Å². The first kappa shape index (κ1) is 17.7. The largest absolute Gasteiger partial charge is 0.367 e. The number of rotatable bonds is 3. The van der Waals surface area contributed by atoms with Crippen molar-refractivity contribution in [3.8, 4) is 0 Å². The van der Waals surface area contributed by atoms with Crippen molar-refractivity contribution < 1.29 is 14.4 Å². The molecule has 1 atom stereocenters. The average molecular weight is 391 g/mol. The smallest absolute Gasteiger partial charge is 0.255 e. The SMILES string of the molecule is O=C1CCC(N2Cc3cccc(CN4CCNc5ncccc54)c3C2=O)C(=O)N1. The number of nitrogens with zero attached hydrogens (tertiary/aromatic N) is 3. The van der Waals surface area contributed by atoms with E-state index in [1.54, 1.807) is 11.1 Å². The van der Waals surface area contributed by atoms with Gasteiger partial charge in [0.25, 0.3) is 5.91 Å². The number of anilines is 2. The number of carbonyl (C=O) groups excluding carboxylic acids is 3. The summed E-state index contributed by atoms with van der Waals surface area (Å²) in [6, 6.07) is 9.21. The zero-order chi connectivity index (χ0) is 20.0. The van der Waals surface area contributed by atoms with E-state index in [0.717, 1.165) is 35.7 Å². The quantitative estimate of drug-likeness (QED) is 0.766. The van der Waals surface area contributed by atoms with Crippen molar-refractivity contribution in [2.24, 2.45) is 0 Å². The van der Waals surface area contributed by atoms with Crippen LogP contribution in [-0.2, 0) is 22.7 Å². The summed E-state index contributed by atoms with van der Waals surface area (Å²) in [7, 11) is 0. The van der Waals surface area contributed by atoms with Crippen LogP contribution < -0.4 is 15.5 Å². The Hall–Kier alpha value is -3.42. The highest BCUT2D eigenvalue weighted by Crippen LogP contribution is 2.33. The molecule has 148 valence electrons. The summed E-state index contributed by atoms with van der Waals surface area (Å²) < 4.78 is 0. The Labute approximate surface area is 167 Å². The van der Waals surface area contributed by atoms with E-state index >= 15 is 0 Å². The molecule has 8 nitrogen and oxygen atoms in total. The second kappa shape index (κ2) is 6.88. The van der Waals surface area contributed by atoms with Gasteiger partial charge in [-0.25, -0.2) is 4.98 Å². The lowest BCUT2D eigenvalue weighted by atomic mass is 10.0. The molecule has 0 bridgehead atoms.